The van der Waals surface area contributed by atoms with E-state index in [9.17, 15) is 4.79 Å². The van der Waals surface area contributed by atoms with E-state index in [1.807, 2.05) is 19.4 Å². The quantitative estimate of drug-likeness (QED) is 0.557. The number of nitrogens with zero attached hydrogens (tertiary/aromatic N) is 1. The van der Waals surface area contributed by atoms with Gasteiger partial charge in [0.2, 0.25) is 12.1 Å². The Labute approximate surface area is 81.1 Å². The van der Waals surface area contributed by atoms with E-state index in [2.05, 4.69) is 0 Å². The molecule has 0 aliphatic carbocycles. The molecule has 5 heteroatoms. The van der Waals surface area contributed by atoms with Crippen molar-refractivity contribution < 1.29 is 26.9 Å². The Morgan fingerprint density at radius 2 is 2.25 bits per heavy atom. The zero-order valence-corrected chi connectivity index (χ0v) is 8.45. The van der Waals surface area contributed by atoms with Crippen LogP contribution in [0, 0.1) is 13.8 Å². The van der Waals surface area contributed by atoms with Gasteiger partial charge in [0, 0.05) is 6.92 Å². The van der Waals surface area contributed by atoms with Gasteiger partial charge >= 0.3 is 5.97 Å². The summed E-state index contributed by atoms with van der Waals surface area (Å²) in [5.41, 5.74) is 2.87. The summed E-state index contributed by atoms with van der Waals surface area (Å²) in [5.74, 6) is -0.795. The molecule has 0 aliphatic rings. The fourth-order valence-corrected chi connectivity index (χ4v) is 1.62. The number of halogens is 1. The molecule has 1 heterocycles. The molecule has 0 radical (unpaired) electrons. The molecule has 1 aromatic rings. The number of carboxylic acids is 1. The number of thiazole rings is 1. The van der Waals surface area contributed by atoms with Crippen molar-refractivity contribution in [3.05, 3.63) is 16.1 Å². The number of hydrogen-bond acceptors (Lipinski definition) is 2. The SMILES string of the molecule is Cc1sc[n+](CC(=O)O)c1C.[Cl-]. The average Bonchev–Trinajstić information content (AvgIpc) is 2.18. The summed E-state index contributed by atoms with van der Waals surface area (Å²) < 4.78 is 1.74. The summed E-state index contributed by atoms with van der Waals surface area (Å²) in [4.78, 5) is 11.5. The molecule has 1 aromatic heterocycles. The van der Waals surface area contributed by atoms with Crippen LogP contribution in [0.4, 0.5) is 0 Å². The Kier molecular flexibility index (Phi) is 4.20. The number of carboxylic acid groups (broad SMARTS) is 1. The molecule has 0 unspecified atom stereocenters. The van der Waals surface area contributed by atoms with Crippen LogP contribution in [0.2, 0.25) is 0 Å². The number of hydrogen-bond donors (Lipinski definition) is 1. The zero-order valence-electron chi connectivity index (χ0n) is 6.87. The largest absolute Gasteiger partial charge is 1.00 e. The predicted molar refractivity (Wildman–Crippen MR) is 41.6 cm³/mol. The van der Waals surface area contributed by atoms with Crippen LogP contribution in [0.1, 0.15) is 10.6 Å². The van der Waals surface area contributed by atoms with Crippen molar-refractivity contribution in [3.63, 3.8) is 0 Å². The lowest BCUT2D eigenvalue weighted by molar-refractivity contribution is -0.687. The number of rotatable bonds is 2. The van der Waals surface area contributed by atoms with Gasteiger partial charge in [-0.05, 0) is 6.92 Å². The lowest BCUT2D eigenvalue weighted by Gasteiger charge is -1.88. The highest BCUT2D eigenvalue weighted by Crippen LogP contribution is 2.07. The van der Waals surface area contributed by atoms with Crippen LogP contribution in [-0.4, -0.2) is 11.1 Å². The molecule has 0 atom stereocenters. The Morgan fingerprint density at radius 3 is 2.58 bits per heavy atom. The molecule has 1 rings (SSSR count). The maximum absolute atomic E-state index is 10.3. The molecule has 12 heavy (non-hydrogen) atoms. The maximum atomic E-state index is 10.3. The van der Waals surface area contributed by atoms with Crippen molar-refractivity contribution in [2.45, 2.75) is 20.4 Å². The molecule has 0 aliphatic heterocycles. The highest BCUT2D eigenvalue weighted by molar-refractivity contribution is 7.09. The molecule has 0 saturated carbocycles. The highest BCUT2D eigenvalue weighted by Gasteiger charge is 2.14. The van der Waals surface area contributed by atoms with Crippen LogP contribution in [0.5, 0.6) is 0 Å². The minimum atomic E-state index is -0.795. The van der Waals surface area contributed by atoms with E-state index in [1.165, 1.54) is 4.88 Å². The first-order valence-corrected chi connectivity index (χ1v) is 4.15. The van der Waals surface area contributed by atoms with E-state index in [-0.39, 0.29) is 19.0 Å². The van der Waals surface area contributed by atoms with E-state index in [4.69, 9.17) is 5.11 Å². The standard InChI is InChI=1S/C7H9NO2S.ClH/c1-5-6(2)11-4-8(5)3-7(9)10;/h4H,3H2,1-2H3;1H. The third-order valence-corrected chi connectivity index (χ3v) is 2.61. The summed E-state index contributed by atoms with van der Waals surface area (Å²) in [5, 5.41) is 8.48. The third kappa shape index (κ3) is 2.46. The van der Waals surface area contributed by atoms with Crippen molar-refractivity contribution in [1.29, 1.82) is 0 Å². The van der Waals surface area contributed by atoms with Crippen molar-refractivity contribution in [3.8, 4) is 0 Å². The molecular weight excluding hydrogens is 198 g/mol. The summed E-state index contributed by atoms with van der Waals surface area (Å²) in [6.45, 7) is 3.98. The first-order valence-electron chi connectivity index (χ1n) is 3.27. The van der Waals surface area contributed by atoms with Gasteiger partial charge in [0.15, 0.2) is 5.69 Å². The van der Waals surface area contributed by atoms with E-state index in [0.29, 0.717) is 0 Å². The molecule has 0 aromatic carbocycles. The van der Waals surface area contributed by atoms with Gasteiger partial charge in [-0.1, -0.05) is 11.3 Å². The summed E-state index contributed by atoms with van der Waals surface area (Å²) >= 11 is 1.57. The predicted octanol–water partition coefficient (Wildman–Crippen LogP) is -2.26. The fraction of sp³-hybridized carbons (Fsp3) is 0.429. The van der Waals surface area contributed by atoms with Gasteiger partial charge in [0.1, 0.15) is 0 Å². The number of aliphatic carboxylic acids is 1. The molecular formula is C7H10ClNO2S. The number of aryl methyl sites for hydroxylation is 1. The Balaban J connectivity index is 0.00000121. The third-order valence-electron chi connectivity index (χ3n) is 1.60. The molecule has 0 fully saturated rings. The van der Waals surface area contributed by atoms with Crippen molar-refractivity contribution in [1.82, 2.24) is 0 Å². The Morgan fingerprint density at radius 1 is 1.67 bits per heavy atom. The fourth-order valence-electron chi connectivity index (χ4n) is 0.811. The minimum Gasteiger partial charge on any atom is -1.00 e. The second-order valence-corrected chi connectivity index (χ2v) is 3.45. The van der Waals surface area contributed by atoms with E-state index >= 15 is 0 Å². The van der Waals surface area contributed by atoms with Crippen LogP contribution in [0.15, 0.2) is 5.51 Å². The lowest BCUT2D eigenvalue weighted by Crippen LogP contribution is -3.00. The van der Waals surface area contributed by atoms with Gasteiger partial charge in [-0.15, -0.1) is 0 Å². The van der Waals surface area contributed by atoms with Gasteiger partial charge in [-0.3, -0.25) is 0 Å². The van der Waals surface area contributed by atoms with Crippen molar-refractivity contribution >= 4 is 17.3 Å². The first-order chi connectivity index (χ1) is 5.11. The number of aromatic nitrogens is 1. The Hall–Kier alpha value is -0.610. The van der Waals surface area contributed by atoms with E-state index in [0.717, 1.165) is 5.69 Å². The van der Waals surface area contributed by atoms with Crippen LogP contribution < -0.4 is 17.0 Å². The first kappa shape index (κ1) is 11.4. The van der Waals surface area contributed by atoms with Crippen LogP contribution in [0.25, 0.3) is 0 Å². The normalized spacial score (nSPS) is 9.17. The van der Waals surface area contributed by atoms with Crippen molar-refractivity contribution in [2.24, 2.45) is 0 Å². The smallest absolute Gasteiger partial charge is 0.370 e. The van der Waals surface area contributed by atoms with Crippen LogP contribution >= 0.6 is 11.3 Å². The molecule has 68 valence electrons. The molecule has 1 N–H and O–H groups in total. The second-order valence-electron chi connectivity index (χ2n) is 2.39. The molecule has 0 saturated heterocycles. The second kappa shape index (κ2) is 4.42. The van der Waals surface area contributed by atoms with E-state index < -0.39 is 5.97 Å². The molecule has 0 amide bonds. The summed E-state index contributed by atoms with van der Waals surface area (Å²) in [6.07, 6.45) is 0. The van der Waals surface area contributed by atoms with Gasteiger partial charge in [-0.25, -0.2) is 4.79 Å². The van der Waals surface area contributed by atoms with Crippen molar-refractivity contribution in [2.75, 3.05) is 0 Å². The Bertz CT molecular complexity index is 285. The lowest BCUT2D eigenvalue weighted by atomic mass is 10.4. The van der Waals surface area contributed by atoms with Gasteiger partial charge in [-0.2, -0.15) is 4.57 Å². The van der Waals surface area contributed by atoms with Gasteiger partial charge < -0.3 is 17.5 Å². The van der Waals surface area contributed by atoms with Gasteiger partial charge in [0.05, 0.1) is 4.88 Å². The van der Waals surface area contributed by atoms with Gasteiger partial charge in [0.25, 0.3) is 0 Å². The monoisotopic (exact) mass is 207 g/mol. The zero-order chi connectivity index (χ0) is 8.43. The maximum Gasteiger partial charge on any atom is 0.370 e. The highest BCUT2D eigenvalue weighted by atomic mass is 35.5. The molecule has 3 nitrogen and oxygen atoms in total. The number of carbonyl (C=O) groups is 1. The molecule has 0 bridgehead atoms. The summed E-state index contributed by atoms with van der Waals surface area (Å²) in [7, 11) is 0. The van der Waals surface area contributed by atoms with Crippen LogP contribution in [-0.2, 0) is 11.3 Å². The van der Waals surface area contributed by atoms with E-state index in [1.54, 1.807) is 15.9 Å². The minimum absolute atomic E-state index is 0. The summed E-state index contributed by atoms with van der Waals surface area (Å²) in [6, 6.07) is 0. The topological polar surface area (TPSA) is 41.2 Å². The van der Waals surface area contributed by atoms with Crippen LogP contribution in [0.3, 0.4) is 0 Å². The average molecular weight is 208 g/mol. The molecule has 0 spiro atoms.